The van der Waals surface area contributed by atoms with E-state index >= 15 is 0 Å². The standard InChI is InChI=1S/C51H32N4O/c1-4-14-33(15-5-1)37-27-29-44-42(31-37)40-22-10-11-23-43(40)55(44)45-24-13-25-46-48(45)41-28-26-38(32-47(41)56-46)36-20-12-21-39(30-36)51-53-49(34-16-6-2-7-17-34)52-50(54-51)35-18-8-3-9-19-35/h1-32H. The van der Waals surface area contributed by atoms with Crippen LogP contribution in [0.25, 0.3) is 106 Å². The Morgan fingerprint density at radius 1 is 0.321 bits per heavy atom. The Hall–Kier alpha value is -7.63. The number of benzene rings is 8. The van der Waals surface area contributed by atoms with Gasteiger partial charge in [0.1, 0.15) is 11.2 Å². The van der Waals surface area contributed by atoms with Crippen LogP contribution in [0.4, 0.5) is 0 Å². The van der Waals surface area contributed by atoms with Crippen LogP contribution in [-0.4, -0.2) is 19.5 Å². The highest BCUT2D eigenvalue weighted by molar-refractivity contribution is 6.15. The Morgan fingerprint density at radius 2 is 0.857 bits per heavy atom. The van der Waals surface area contributed by atoms with Crippen molar-refractivity contribution in [2.75, 3.05) is 0 Å². The zero-order chi connectivity index (χ0) is 37.0. The minimum atomic E-state index is 0.621. The summed E-state index contributed by atoms with van der Waals surface area (Å²) in [6.07, 6.45) is 0. The molecular formula is C51H32N4O. The molecule has 0 aliphatic heterocycles. The molecule has 11 aromatic rings. The molecule has 262 valence electrons. The average molecular weight is 717 g/mol. The van der Waals surface area contributed by atoms with Crippen molar-refractivity contribution in [2.45, 2.75) is 0 Å². The van der Waals surface area contributed by atoms with Gasteiger partial charge in [-0.25, -0.2) is 15.0 Å². The normalized spacial score (nSPS) is 11.6. The lowest BCUT2D eigenvalue weighted by molar-refractivity contribution is 0.669. The summed E-state index contributed by atoms with van der Waals surface area (Å²) in [6, 6.07) is 67.4. The second-order valence-corrected chi connectivity index (χ2v) is 14.0. The Bertz CT molecular complexity index is 3180. The van der Waals surface area contributed by atoms with Crippen molar-refractivity contribution >= 4 is 43.7 Å². The fraction of sp³-hybridized carbons (Fsp3) is 0. The highest BCUT2D eigenvalue weighted by Gasteiger charge is 2.19. The van der Waals surface area contributed by atoms with Gasteiger partial charge in [0.05, 0.1) is 22.1 Å². The van der Waals surface area contributed by atoms with Crippen molar-refractivity contribution in [1.29, 1.82) is 0 Å². The number of nitrogens with zero attached hydrogens (tertiary/aromatic N) is 4. The number of aromatic nitrogens is 4. The van der Waals surface area contributed by atoms with Crippen molar-refractivity contribution in [3.63, 3.8) is 0 Å². The third kappa shape index (κ3) is 5.37. The molecule has 0 saturated heterocycles. The minimum absolute atomic E-state index is 0.621. The Morgan fingerprint density at radius 3 is 1.59 bits per heavy atom. The van der Waals surface area contributed by atoms with Crippen LogP contribution in [0.5, 0.6) is 0 Å². The van der Waals surface area contributed by atoms with E-state index in [1.165, 1.54) is 21.9 Å². The SMILES string of the molecule is c1ccc(-c2ccc3c(c2)c2ccccc2n3-c2cccc3oc4cc(-c5cccc(-c6nc(-c7ccccc7)nc(-c7ccccc7)n6)c5)ccc4c23)cc1. The number of hydrogen-bond acceptors (Lipinski definition) is 4. The first kappa shape index (κ1) is 31.9. The van der Waals surface area contributed by atoms with Crippen LogP contribution in [0.2, 0.25) is 0 Å². The molecule has 5 nitrogen and oxygen atoms in total. The first-order valence-corrected chi connectivity index (χ1v) is 18.8. The molecule has 0 N–H and O–H groups in total. The molecule has 11 rings (SSSR count). The molecule has 0 aliphatic rings. The fourth-order valence-corrected chi connectivity index (χ4v) is 7.99. The summed E-state index contributed by atoms with van der Waals surface area (Å²) in [7, 11) is 0. The predicted octanol–water partition coefficient (Wildman–Crippen LogP) is 13.2. The first-order valence-electron chi connectivity index (χ1n) is 18.8. The third-order valence-electron chi connectivity index (χ3n) is 10.6. The van der Waals surface area contributed by atoms with Crippen LogP contribution in [0.3, 0.4) is 0 Å². The number of rotatable bonds is 6. The molecule has 8 aromatic carbocycles. The molecule has 0 fully saturated rings. The van der Waals surface area contributed by atoms with E-state index in [0.717, 1.165) is 66.5 Å². The number of fused-ring (bicyclic) bond motifs is 6. The van der Waals surface area contributed by atoms with E-state index in [9.17, 15) is 0 Å². The monoisotopic (exact) mass is 716 g/mol. The van der Waals surface area contributed by atoms with E-state index in [-0.39, 0.29) is 0 Å². The molecule has 0 amide bonds. The molecule has 0 unspecified atom stereocenters. The summed E-state index contributed by atoms with van der Waals surface area (Å²) in [5, 5.41) is 4.60. The first-order chi connectivity index (χ1) is 27.7. The molecule has 0 spiro atoms. The zero-order valence-corrected chi connectivity index (χ0v) is 30.2. The number of furan rings is 1. The highest BCUT2D eigenvalue weighted by atomic mass is 16.3. The van der Waals surface area contributed by atoms with Gasteiger partial charge >= 0.3 is 0 Å². The Kier molecular flexibility index (Phi) is 7.42. The van der Waals surface area contributed by atoms with E-state index in [0.29, 0.717) is 17.5 Å². The van der Waals surface area contributed by atoms with Gasteiger partial charge in [-0.2, -0.15) is 0 Å². The number of hydrogen-bond donors (Lipinski definition) is 0. The maximum Gasteiger partial charge on any atom is 0.164 e. The van der Waals surface area contributed by atoms with E-state index in [1.807, 2.05) is 60.7 Å². The van der Waals surface area contributed by atoms with Crippen LogP contribution in [0.15, 0.2) is 199 Å². The summed E-state index contributed by atoms with van der Waals surface area (Å²) in [4.78, 5) is 14.8. The fourth-order valence-electron chi connectivity index (χ4n) is 7.99. The molecule has 56 heavy (non-hydrogen) atoms. The van der Waals surface area contributed by atoms with Gasteiger partial charge in [0.25, 0.3) is 0 Å². The molecule has 5 heteroatoms. The van der Waals surface area contributed by atoms with Crippen LogP contribution < -0.4 is 0 Å². The largest absolute Gasteiger partial charge is 0.456 e. The van der Waals surface area contributed by atoms with Gasteiger partial charge in [-0.1, -0.05) is 146 Å². The summed E-state index contributed by atoms with van der Waals surface area (Å²) < 4.78 is 9.04. The average Bonchev–Trinajstić information content (AvgIpc) is 3.82. The lowest BCUT2D eigenvalue weighted by Crippen LogP contribution is -2.00. The molecule has 0 aliphatic carbocycles. The summed E-state index contributed by atoms with van der Waals surface area (Å²) in [5.74, 6) is 1.90. The van der Waals surface area contributed by atoms with E-state index in [4.69, 9.17) is 19.4 Å². The van der Waals surface area contributed by atoms with Crippen molar-refractivity contribution in [1.82, 2.24) is 19.5 Å². The lowest BCUT2D eigenvalue weighted by Gasteiger charge is -2.10. The summed E-state index contributed by atoms with van der Waals surface area (Å²) in [5.41, 5.74) is 12.4. The quantitative estimate of drug-likeness (QED) is 0.172. The Balaban J connectivity index is 1.03. The smallest absolute Gasteiger partial charge is 0.164 e. The van der Waals surface area contributed by atoms with Gasteiger partial charge in [-0.15, -0.1) is 0 Å². The second-order valence-electron chi connectivity index (χ2n) is 14.0. The van der Waals surface area contributed by atoms with Gasteiger partial charge < -0.3 is 8.98 Å². The van der Waals surface area contributed by atoms with Gasteiger partial charge in [0.15, 0.2) is 17.5 Å². The van der Waals surface area contributed by atoms with Gasteiger partial charge in [0.2, 0.25) is 0 Å². The van der Waals surface area contributed by atoms with Gasteiger partial charge in [-0.3, -0.25) is 0 Å². The molecule has 0 radical (unpaired) electrons. The summed E-state index contributed by atoms with van der Waals surface area (Å²) in [6.45, 7) is 0. The van der Waals surface area contributed by atoms with Crippen LogP contribution in [-0.2, 0) is 0 Å². The topological polar surface area (TPSA) is 56.7 Å². The zero-order valence-electron chi connectivity index (χ0n) is 30.2. The molecular weight excluding hydrogens is 685 g/mol. The van der Waals surface area contributed by atoms with Gasteiger partial charge in [0, 0.05) is 32.8 Å². The van der Waals surface area contributed by atoms with E-state index in [1.54, 1.807) is 0 Å². The molecule has 0 atom stereocenters. The van der Waals surface area contributed by atoms with Crippen LogP contribution in [0.1, 0.15) is 0 Å². The van der Waals surface area contributed by atoms with Crippen molar-refractivity contribution in [3.8, 4) is 62.1 Å². The Labute approximate surface area is 322 Å². The van der Waals surface area contributed by atoms with Crippen LogP contribution in [0, 0.1) is 0 Å². The highest BCUT2D eigenvalue weighted by Crippen LogP contribution is 2.41. The lowest BCUT2D eigenvalue weighted by atomic mass is 10.0. The van der Waals surface area contributed by atoms with Crippen molar-refractivity contribution in [2.24, 2.45) is 0 Å². The maximum atomic E-state index is 6.65. The minimum Gasteiger partial charge on any atom is -0.456 e. The molecule has 0 bridgehead atoms. The maximum absolute atomic E-state index is 6.65. The van der Waals surface area contributed by atoms with Crippen molar-refractivity contribution in [3.05, 3.63) is 194 Å². The van der Waals surface area contributed by atoms with Gasteiger partial charge in [-0.05, 0) is 70.8 Å². The molecule has 0 saturated carbocycles. The molecule has 3 aromatic heterocycles. The summed E-state index contributed by atoms with van der Waals surface area (Å²) >= 11 is 0. The predicted molar refractivity (Wildman–Crippen MR) is 229 cm³/mol. The van der Waals surface area contributed by atoms with E-state index < -0.39 is 0 Å². The number of para-hydroxylation sites is 1. The van der Waals surface area contributed by atoms with E-state index in [2.05, 4.69) is 138 Å². The third-order valence-corrected chi connectivity index (χ3v) is 10.6. The van der Waals surface area contributed by atoms with Crippen LogP contribution >= 0.6 is 0 Å². The molecule has 3 heterocycles. The second kappa shape index (κ2) is 13.0. The van der Waals surface area contributed by atoms with Crippen molar-refractivity contribution < 1.29 is 4.42 Å².